The Balaban J connectivity index is 2.71. The number of halogens is 1. The van der Waals surface area contributed by atoms with Gasteiger partial charge in [-0.15, -0.1) is 0 Å². The molecule has 13 heavy (non-hydrogen) atoms. The van der Waals surface area contributed by atoms with Crippen molar-refractivity contribution in [2.75, 3.05) is 0 Å². The molecule has 0 radical (unpaired) electrons. The second-order valence-corrected chi connectivity index (χ2v) is 2.47. The fourth-order valence-corrected chi connectivity index (χ4v) is 1.08. The zero-order valence-corrected chi connectivity index (χ0v) is 6.54. The van der Waals surface area contributed by atoms with E-state index in [1.54, 1.807) is 0 Å². The molecule has 0 aliphatic heterocycles. The summed E-state index contributed by atoms with van der Waals surface area (Å²) < 4.78 is 13.1. The molecule has 0 aliphatic carbocycles. The summed E-state index contributed by atoms with van der Waals surface area (Å²) in [6.07, 6.45) is 4.24. The third kappa shape index (κ3) is 1.24. The van der Waals surface area contributed by atoms with Gasteiger partial charge in [-0.2, -0.15) is 4.39 Å². The quantitative estimate of drug-likeness (QED) is 0.639. The molecule has 0 saturated carbocycles. The fourth-order valence-electron chi connectivity index (χ4n) is 1.08. The monoisotopic (exact) mass is 179 g/mol. The summed E-state index contributed by atoms with van der Waals surface area (Å²) >= 11 is 0. The molecule has 2 N–H and O–H groups in total. The second kappa shape index (κ2) is 2.85. The normalized spacial score (nSPS) is 10.2. The largest absolute Gasteiger partial charge is 0.344 e. The number of nitrogens with one attached hydrogen (secondary N) is 2. The van der Waals surface area contributed by atoms with Crippen LogP contribution < -0.4 is 5.43 Å². The maximum absolute atomic E-state index is 13.1. The van der Waals surface area contributed by atoms with Crippen molar-refractivity contribution >= 4 is 0 Å². The van der Waals surface area contributed by atoms with Crippen molar-refractivity contribution in [2.24, 2.45) is 0 Å². The number of H-pyrrole nitrogens is 2. The van der Waals surface area contributed by atoms with E-state index in [0.717, 1.165) is 0 Å². The molecule has 0 atom stereocenters. The third-order valence-corrected chi connectivity index (χ3v) is 1.65. The van der Waals surface area contributed by atoms with E-state index >= 15 is 0 Å². The first-order chi connectivity index (χ1) is 6.29. The lowest BCUT2D eigenvalue weighted by Crippen LogP contribution is -2.07. The maximum Gasteiger partial charge on any atom is 0.206 e. The molecule has 2 aromatic rings. The van der Waals surface area contributed by atoms with Crippen LogP contribution in [-0.4, -0.2) is 15.0 Å². The second-order valence-electron chi connectivity index (χ2n) is 2.47. The van der Waals surface area contributed by atoms with Crippen molar-refractivity contribution in [3.8, 4) is 11.4 Å². The minimum absolute atomic E-state index is 0.0625. The Morgan fingerprint density at radius 2 is 2.15 bits per heavy atom. The van der Waals surface area contributed by atoms with E-state index in [2.05, 4.69) is 15.0 Å². The average Bonchev–Trinajstić information content (AvgIpc) is 2.57. The minimum Gasteiger partial charge on any atom is -0.344 e. The Kier molecular flexibility index (Phi) is 1.70. The van der Waals surface area contributed by atoms with Gasteiger partial charge in [-0.05, 0) is 0 Å². The fraction of sp³-hybridized carbons (Fsp3) is 0. The molecule has 0 amide bonds. The number of hydrogen-bond donors (Lipinski definition) is 2. The van der Waals surface area contributed by atoms with E-state index in [4.69, 9.17) is 0 Å². The van der Waals surface area contributed by atoms with Gasteiger partial charge in [0.05, 0.1) is 0 Å². The van der Waals surface area contributed by atoms with Gasteiger partial charge in [-0.1, -0.05) is 0 Å². The Bertz CT molecular complexity index is 460. The minimum atomic E-state index is -0.678. The Labute approximate surface area is 72.5 Å². The number of aromatic amines is 2. The van der Waals surface area contributed by atoms with E-state index in [1.165, 1.54) is 24.7 Å². The van der Waals surface area contributed by atoms with Crippen molar-refractivity contribution in [1.29, 1.82) is 0 Å². The highest BCUT2D eigenvalue weighted by Crippen LogP contribution is 2.10. The van der Waals surface area contributed by atoms with E-state index in [1.807, 2.05) is 0 Å². The highest BCUT2D eigenvalue weighted by atomic mass is 19.1. The average molecular weight is 179 g/mol. The van der Waals surface area contributed by atoms with Gasteiger partial charge in [0.1, 0.15) is 11.4 Å². The lowest BCUT2D eigenvalue weighted by atomic mass is 10.2. The van der Waals surface area contributed by atoms with Crippen LogP contribution in [0.5, 0.6) is 0 Å². The molecule has 0 aromatic carbocycles. The van der Waals surface area contributed by atoms with Crippen LogP contribution in [0, 0.1) is 5.95 Å². The van der Waals surface area contributed by atoms with Crippen molar-refractivity contribution in [3.05, 3.63) is 40.8 Å². The zero-order chi connectivity index (χ0) is 9.26. The molecule has 4 nitrogen and oxygen atoms in total. The van der Waals surface area contributed by atoms with Crippen molar-refractivity contribution < 1.29 is 4.39 Å². The summed E-state index contributed by atoms with van der Waals surface area (Å²) in [5.74, 6) is -0.443. The van der Waals surface area contributed by atoms with Crippen LogP contribution in [0.15, 0.2) is 29.5 Å². The zero-order valence-electron chi connectivity index (χ0n) is 6.54. The number of aromatic nitrogens is 3. The summed E-state index contributed by atoms with van der Waals surface area (Å²) in [6, 6.07) is 1.25. The molecule has 2 aromatic heterocycles. The van der Waals surface area contributed by atoms with Gasteiger partial charge in [-0.25, -0.2) is 4.98 Å². The van der Waals surface area contributed by atoms with Crippen LogP contribution in [0.4, 0.5) is 4.39 Å². The van der Waals surface area contributed by atoms with Crippen LogP contribution in [0.2, 0.25) is 0 Å². The topological polar surface area (TPSA) is 61.5 Å². The first kappa shape index (κ1) is 7.72. The maximum atomic E-state index is 13.1. The Morgan fingerprint density at radius 1 is 1.31 bits per heavy atom. The molecule has 2 heterocycles. The Morgan fingerprint density at radius 3 is 2.77 bits per heavy atom. The molecular formula is C8H6FN3O. The summed E-state index contributed by atoms with van der Waals surface area (Å²) in [4.78, 5) is 20.0. The predicted octanol–water partition coefficient (Wildman–Crippen LogP) is 0.904. The lowest BCUT2D eigenvalue weighted by molar-refractivity contribution is 0.585. The van der Waals surface area contributed by atoms with E-state index in [9.17, 15) is 9.18 Å². The number of imidazole rings is 1. The molecule has 66 valence electrons. The standard InChI is InChI=1S/C8H6FN3O/c9-7-6(5(13)1-2-10-7)8-11-3-4-12-8/h1-4H,(H,10,13)(H,11,12). The highest BCUT2D eigenvalue weighted by Gasteiger charge is 2.10. The van der Waals surface area contributed by atoms with Gasteiger partial charge in [-0.3, -0.25) is 4.79 Å². The first-order valence-electron chi connectivity index (χ1n) is 3.66. The van der Waals surface area contributed by atoms with E-state index in [0.29, 0.717) is 0 Å². The molecule has 0 bridgehead atoms. The van der Waals surface area contributed by atoms with Crippen LogP contribution in [0.1, 0.15) is 0 Å². The molecule has 0 unspecified atom stereocenters. The molecule has 0 spiro atoms. The molecule has 2 rings (SSSR count). The van der Waals surface area contributed by atoms with Gasteiger partial charge in [0.15, 0.2) is 5.43 Å². The smallest absolute Gasteiger partial charge is 0.206 e. The van der Waals surface area contributed by atoms with Gasteiger partial charge >= 0.3 is 0 Å². The molecule has 0 aliphatic rings. The molecule has 0 saturated heterocycles. The van der Waals surface area contributed by atoms with Crippen LogP contribution in [0.25, 0.3) is 11.4 Å². The summed E-state index contributed by atoms with van der Waals surface area (Å²) in [6.45, 7) is 0. The summed E-state index contributed by atoms with van der Waals surface area (Å²) in [5, 5.41) is 0. The van der Waals surface area contributed by atoms with Gasteiger partial charge in [0.25, 0.3) is 0 Å². The van der Waals surface area contributed by atoms with Crippen molar-refractivity contribution in [2.45, 2.75) is 0 Å². The van der Waals surface area contributed by atoms with Crippen LogP contribution >= 0.6 is 0 Å². The molecular weight excluding hydrogens is 173 g/mol. The lowest BCUT2D eigenvalue weighted by Gasteiger charge is -1.96. The van der Waals surface area contributed by atoms with Crippen LogP contribution in [-0.2, 0) is 0 Å². The summed E-state index contributed by atoms with van der Waals surface area (Å²) in [5.41, 5.74) is -0.460. The highest BCUT2D eigenvalue weighted by molar-refractivity contribution is 5.53. The number of hydrogen-bond acceptors (Lipinski definition) is 2. The van der Waals surface area contributed by atoms with Crippen LogP contribution in [0.3, 0.4) is 0 Å². The van der Waals surface area contributed by atoms with E-state index < -0.39 is 11.4 Å². The Hall–Kier alpha value is -1.91. The van der Waals surface area contributed by atoms with Gasteiger partial charge < -0.3 is 9.97 Å². The van der Waals surface area contributed by atoms with Gasteiger partial charge in [0.2, 0.25) is 5.95 Å². The first-order valence-corrected chi connectivity index (χ1v) is 3.66. The number of pyridine rings is 1. The summed E-state index contributed by atoms with van der Waals surface area (Å²) in [7, 11) is 0. The number of rotatable bonds is 1. The molecule has 5 heteroatoms. The predicted molar refractivity (Wildman–Crippen MR) is 44.6 cm³/mol. The SMILES string of the molecule is O=c1cc[nH]c(F)c1-c1ncc[nH]1. The van der Waals surface area contributed by atoms with E-state index in [-0.39, 0.29) is 11.4 Å². The van der Waals surface area contributed by atoms with Crippen molar-refractivity contribution in [3.63, 3.8) is 0 Å². The third-order valence-electron chi connectivity index (χ3n) is 1.65. The van der Waals surface area contributed by atoms with Crippen molar-refractivity contribution in [1.82, 2.24) is 15.0 Å². The number of nitrogens with zero attached hydrogens (tertiary/aromatic N) is 1. The molecule has 0 fully saturated rings. The van der Waals surface area contributed by atoms with Gasteiger partial charge in [0, 0.05) is 24.7 Å².